The summed E-state index contributed by atoms with van der Waals surface area (Å²) in [5.41, 5.74) is 5.49. The van der Waals surface area contributed by atoms with Crippen LogP contribution in [0.3, 0.4) is 0 Å². The van der Waals surface area contributed by atoms with Gasteiger partial charge in [0.25, 0.3) is 0 Å². The van der Waals surface area contributed by atoms with Crippen molar-refractivity contribution in [3.8, 4) is 11.1 Å². The van der Waals surface area contributed by atoms with E-state index in [1.165, 1.54) is 18.2 Å². The Morgan fingerprint density at radius 2 is 1.70 bits per heavy atom. The maximum absolute atomic E-state index is 14.5. The predicted molar refractivity (Wildman–Crippen MR) is 119 cm³/mol. The van der Waals surface area contributed by atoms with Gasteiger partial charge < -0.3 is 26.2 Å². The molecule has 178 valence electrons. The second-order valence-electron chi connectivity index (χ2n) is 8.76. The van der Waals surface area contributed by atoms with Crippen LogP contribution in [-0.4, -0.2) is 39.8 Å². The number of carboxylic acid groups (broad SMARTS) is 1. The molecule has 1 atom stereocenters. The molecule has 2 aromatic rings. The lowest BCUT2D eigenvalue weighted by Crippen LogP contribution is -2.61. The number of carbonyl (C=O) groups is 1. The van der Waals surface area contributed by atoms with Gasteiger partial charge in [0.15, 0.2) is 0 Å². The highest BCUT2D eigenvalue weighted by molar-refractivity contribution is 6.40. The molecule has 1 aliphatic rings. The standard InChI is InChI=1S/C23H28BF3N2O4/c25-16-4-6-19(21(27)12-16)18-5-3-14(9-20(18)26)13-29-17-10-15(11-17)23(28,22(30)31)7-1-2-8-24(32)33/h3-6,9,12,15,17,29,32-33H,1-2,7-8,10-11,13,28H2,(H,30,31)/t15-,17+,23?. The molecule has 0 amide bonds. The quantitative estimate of drug-likeness (QED) is 0.258. The van der Waals surface area contributed by atoms with Crippen LogP contribution in [0.4, 0.5) is 13.2 Å². The summed E-state index contributed by atoms with van der Waals surface area (Å²) in [6, 6.07) is 7.42. The Morgan fingerprint density at radius 1 is 1.06 bits per heavy atom. The summed E-state index contributed by atoms with van der Waals surface area (Å²) in [5, 5.41) is 30.7. The van der Waals surface area contributed by atoms with Gasteiger partial charge in [-0.3, -0.25) is 4.79 Å². The Hall–Kier alpha value is -2.40. The van der Waals surface area contributed by atoms with Gasteiger partial charge in [0.05, 0.1) is 0 Å². The largest absolute Gasteiger partial charge is 0.480 e. The number of hydrogen-bond acceptors (Lipinski definition) is 5. The van der Waals surface area contributed by atoms with Crippen molar-refractivity contribution in [2.45, 2.75) is 56.5 Å². The molecule has 0 aliphatic heterocycles. The number of benzene rings is 2. The molecular weight excluding hydrogens is 436 g/mol. The van der Waals surface area contributed by atoms with Crippen molar-refractivity contribution in [1.82, 2.24) is 5.32 Å². The second kappa shape index (κ2) is 10.7. The molecule has 0 aromatic heterocycles. The van der Waals surface area contributed by atoms with Gasteiger partial charge in [0.2, 0.25) is 0 Å². The summed E-state index contributed by atoms with van der Waals surface area (Å²) in [6.45, 7) is 0.347. The number of unbranched alkanes of at least 4 members (excludes halogenated alkanes) is 1. The summed E-state index contributed by atoms with van der Waals surface area (Å²) in [6.07, 6.45) is 2.50. The van der Waals surface area contributed by atoms with E-state index in [0.29, 0.717) is 43.9 Å². The van der Waals surface area contributed by atoms with E-state index in [2.05, 4.69) is 5.32 Å². The third kappa shape index (κ3) is 6.14. The lowest BCUT2D eigenvalue weighted by molar-refractivity contribution is -0.148. The fourth-order valence-corrected chi connectivity index (χ4v) is 4.29. The lowest BCUT2D eigenvalue weighted by Gasteiger charge is -2.45. The SMILES string of the molecule is NC(CCCCB(O)O)(C(=O)O)[C@H]1C[C@@H](NCc2ccc(-c3ccc(F)cc3F)c(F)c2)C1. The Morgan fingerprint density at radius 3 is 2.27 bits per heavy atom. The van der Waals surface area contributed by atoms with Crippen molar-refractivity contribution in [3.05, 3.63) is 59.4 Å². The van der Waals surface area contributed by atoms with Crippen LogP contribution in [0.25, 0.3) is 11.1 Å². The first-order chi connectivity index (χ1) is 15.6. The fourth-order valence-electron chi connectivity index (χ4n) is 4.29. The van der Waals surface area contributed by atoms with Crippen LogP contribution in [0.5, 0.6) is 0 Å². The van der Waals surface area contributed by atoms with Crippen molar-refractivity contribution < 1.29 is 33.1 Å². The molecular formula is C23H28BF3N2O4. The van der Waals surface area contributed by atoms with Crippen LogP contribution in [-0.2, 0) is 11.3 Å². The zero-order chi connectivity index (χ0) is 24.2. The number of carboxylic acids is 1. The Bertz CT molecular complexity index is 988. The van der Waals surface area contributed by atoms with Crippen molar-refractivity contribution in [2.24, 2.45) is 11.7 Å². The van der Waals surface area contributed by atoms with Gasteiger partial charge in [-0.2, -0.15) is 0 Å². The summed E-state index contributed by atoms with van der Waals surface area (Å²) < 4.78 is 41.6. The van der Waals surface area contributed by atoms with Crippen LogP contribution in [0, 0.1) is 23.4 Å². The van der Waals surface area contributed by atoms with Gasteiger partial charge in [0, 0.05) is 29.8 Å². The van der Waals surface area contributed by atoms with E-state index >= 15 is 0 Å². The Balaban J connectivity index is 1.52. The van der Waals surface area contributed by atoms with E-state index in [-0.39, 0.29) is 35.8 Å². The maximum atomic E-state index is 14.5. The molecule has 6 nitrogen and oxygen atoms in total. The van der Waals surface area contributed by atoms with Gasteiger partial charge in [-0.15, -0.1) is 0 Å². The average Bonchev–Trinajstić information content (AvgIpc) is 2.70. The summed E-state index contributed by atoms with van der Waals surface area (Å²) in [7, 11) is -1.41. The van der Waals surface area contributed by atoms with E-state index < -0.39 is 36.1 Å². The summed E-state index contributed by atoms with van der Waals surface area (Å²) >= 11 is 0. The number of nitrogens with two attached hydrogens (primary N) is 1. The smallest absolute Gasteiger partial charge is 0.451 e. The molecule has 33 heavy (non-hydrogen) atoms. The Kier molecular flexibility index (Phi) is 8.17. The monoisotopic (exact) mass is 464 g/mol. The Labute approximate surface area is 190 Å². The highest BCUT2D eigenvalue weighted by Gasteiger charge is 2.48. The lowest BCUT2D eigenvalue weighted by atomic mass is 9.66. The first-order valence-corrected chi connectivity index (χ1v) is 11.0. The molecule has 0 spiro atoms. The van der Waals surface area contributed by atoms with Gasteiger partial charge in [-0.1, -0.05) is 25.0 Å². The first-order valence-electron chi connectivity index (χ1n) is 11.0. The molecule has 6 N–H and O–H groups in total. The molecule has 1 unspecified atom stereocenters. The third-order valence-electron chi connectivity index (χ3n) is 6.42. The van der Waals surface area contributed by atoms with E-state index in [9.17, 15) is 23.1 Å². The molecule has 10 heteroatoms. The normalized spacial score (nSPS) is 19.6. The van der Waals surface area contributed by atoms with Crippen molar-refractivity contribution in [1.29, 1.82) is 0 Å². The van der Waals surface area contributed by atoms with Crippen LogP contribution in [0.2, 0.25) is 6.32 Å². The summed E-state index contributed by atoms with van der Waals surface area (Å²) in [5.74, 6) is -3.47. The molecule has 2 aromatic carbocycles. The molecule has 0 bridgehead atoms. The third-order valence-corrected chi connectivity index (χ3v) is 6.42. The number of halogens is 3. The van der Waals surface area contributed by atoms with Crippen LogP contribution in [0.15, 0.2) is 36.4 Å². The van der Waals surface area contributed by atoms with Crippen molar-refractivity contribution in [2.75, 3.05) is 0 Å². The molecule has 3 rings (SSSR count). The van der Waals surface area contributed by atoms with Crippen LogP contribution < -0.4 is 11.1 Å². The molecule has 1 saturated carbocycles. The average molecular weight is 464 g/mol. The van der Waals surface area contributed by atoms with Gasteiger partial charge in [-0.05, 0) is 55.3 Å². The predicted octanol–water partition coefficient (Wildman–Crippen LogP) is 3.06. The zero-order valence-electron chi connectivity index (χ0n) is 18.1. The minimum atomic E-state index is -1.41. The van der Waals surface area contributed by atoms with E-state index in [0.717, 1.165) is 6.07 Å². The number of aliphatic carboxylic acids is 1. The van der Waals surface area contributed by atoms with Crippen LogP contribution >= 0.6 is 0 Å². The highest BCUT2D eigenvalue weighted by atomic mass is 19.1. The molecule has 1 aliphatic carbocycles. The first kappa shape index (κ1) is 25.2. The summed E-state index contributed by atoms with van der Waals surface area (Å²) in [4.78, 5) is 11.8. The fraction of sp³-hybridized carbons (Fsp3) is 0.435. The van der Waals surface area contributed by atoms with E-state index in [1.54, 1.807) is 6.07 Å². The zero-order valence-corrected chi connectivity index (χ0v) is 18.1. The highest BCUT2D eigenvalue weighted by Crippen LogP contribution is 2.38. The molecule has 1 fully saturated rings. The molecule has 0 heterocycles. The van der Waals surface area contributed by atoms with Crippen molar-refractivity contribution >= 4 is 13.1 Å². The maximum Gasteiger partial charge on any atom is 0.451 e. The van der Waals surface area contributed by atoms with Crippen molar-refractivity contribution in [3.63, 3.8) is 0 Å². The molecule has 0 radical (unpaired) electrons. The number of rotatable bonds is 11. The number of nitrogens with one attached hydrogen (secondary N) is 1. The van der Waals surface area contributed by atoms with Gasteiger partial charge in [0.1, 0.15) is 23.0 Å². The van der Waals surface area contributed by atoms with E-state index in [1.807, 2.05) is 0 Å². The molecule has 0 saturated heterocycles. The minimum Gasteiger partial charge on any atom is -0.480 e. The van der Waals surface area contributed by atoms with Gasteiger partial charge in [-0.25, -0.2) is 13.2 Å². The second-order valence-corrected chi connectivity index (χ2v) is 8.76. The van der Waals surface area contributed by atoms with E-state index in [4.69, 9.17) is 15.8 Å². The topological polar surface area (TPSA) is 116 Å². The number of hydrogen-bond donors (Lipinski definition) is 5. The minimum absolute atomic E-state index is 0.0169. The van der Waals surface area contributed by atoms with Crippen LogP contribution in [0.1, 0.15) is 37.7 Å². The van der Waals surface area contributed by atoms with Gasteiger partial charge >= 0.3 is 13.1 Å².